The van der Waals surface area contributed by atoms with Gasteiger partial charge in [-0.2, -0.15) is 0 Å². The third-order valence-electron chi connectivity index (χ3n) is 3.80. The largest absolute Gasteiger partial charge is 0.314 e. The van der Waals surface area contributed by atoms with Gasteiger partial charge < -0.3 is 5.32 Å². The molecule has 0 bridgehead atoms. The summed E-state index contributed by atoms with van der Waals surface area (Å²) in [6, 6.07) is 6.01. The lowest BCUT2D eigenvalue weighted by Gasteiger charge is -2.06. The number of aryl methyl sites for hydroxylation is 1. The third-order valence-corrected chi connectivity index (χ3v) is 3.80. The van der Waals surface area contributed by atoms with Crippen molar-refractivity contribution in [2.24, 2.45) is 5.92 Å². The molecule has 0 radical (unpaired) electrons. The number of hydrogen-bond acceptors (Lipinski definition) is 1. The molecule has 3 rings (SSSR count). The smallest absolute Gasteiger partial charge is 0.123 e. The van der Waals surface area contributed by atoms with Crippen LogP contribution in [0.15, 0.2) is 18.2 Å². The van der Waals surface area contributed by atoms with Crippen LogP contribution in [0.4, 0.5) is 4.39 Å². The lowest BCUT2D eigenvalue weighted by atomic mass is 10.0. The molecule has 0 spiro atoms. The van der Waals surface area contributed by atoms with E-state index in [0.717, 1.165) is 24.1 Å². The molecule has 1 aromatic carbocycles. The number of benzene rings is 1. The molecule has 0 aliphatic heterocycles. The van der Waals surface area contributed by atoms with Crippen LogP contribution in [0.5, 0.6) is 0 Å². The molecule has 2 aliphatic carbocycles. The molecule has 2 unspecified atom stereocenters. The molecule has 1 aromatic rings. The van der Waals surface area contributed by atoms with Crippen molar-refractivity contribution >= 4 is 0 Å². The standard InChI is InChI=1S/C14H18FN/c1-9-6-11(15)2-5-13(9)14-7-10(14)8-16-12-3-4-12/h2,5-6,10,12,14,16H,3-4,7-8H2,1H3. The van der Waals surface area contributed by atoms with Crippen molar-refractivity contribution < 1.29 is 4.39 Å². The van der Waals surface area contributed by atoms with E-state index < -0.39 is 0 Å². The van der Waals surface area contributed by atoms with Crippen LogP contribution in [0.2, 0.25) is 0 Å². The molecule has 2 fully saturated rings. The minimum Gasteiger partial charge on any atom is -0.314 e. The van der Waals surface area contributed by atoms with Gasteiger partial charge in [-0.05, 0) is 67.8 Å². The lowest BCUT2D eigenvalue weighted by molar-refractivity contribution is 0.618. The molecule has 1 nitrogen and oxygen atoms in total. The van der Waals surface area contributed by atoms with Crippen molar-refractivity contribution in [3.63, 3.8) is 0 Å². The first-order valence-corrected chi connectivity index (χ1v) is 6.23. The van der Waals surface area contributed by atoms with Gasteiger partial charge in [0.1, 0.15) is 5.82 Å². The van der Waals surface area contributed by atoms with Gasteiger partial charge in [0.15, 0.2) is 0 Å². The van der Waals surface area contributed by atoms with Gasteiger partial charge in [-0.1, -0.05) is 6.07 Å². The van der Waals surface area contributed by atoms with Crippen LogP contribution in [0, 0.1) is 18.7 Å². The summed E-state index contributed by atoms with van der Waals surface area (Å²) in [5.74, 6) is 1.34. The zero-order valence-electron chi connectivity index (χ0n) is 9.67. The van der Waals surface area contributed by atoms with Gasteiger partial charge in [0.05, 0.1) is 0 Å². The highest BCUT2D eigenvalue weighted by molar-refractivity contribution is 5.34. The molecule has 0 aromatic heterocycles. The predicted octanol–water partition coefficient (Wildman–Crippen LogP) is 2.99. The van der Waals surface area contributed by atoms with Gasteiger partial charge >= 0.3 is 0 Å². The van der Waals surface area contributed by atoms with Crippen molar-refractivity contribution in [3.8, 4) is 0 Å². The molecule has 1 N–H and O–H groups in total. The van der Waals surface area contributed by atoms with Crippen molar-refractivity contribution in [1.82, 2.24) is 5.32 Å². The Morgan fingerprint density at radius 3 is 2.88 bits per heavy atom. The summed E-state index contributed by atoms with van der Waals surface area (Å²) in [6.45, 7) is 3.16. The topological polar surface area (TPSA) is 12.0 Å². The summed E-state index contributed by atoms with van der Waals surface area (Å²) in [4.78, 5) is 0. The summed E-state index contributed by atoms with van der Waals surface area (Å²) < 4.78 is 13.0. The first-order chi connectivity index (χ1) is 7.74. The summed E-state index contributed by atoms with van der Waals surface area (Å²) >= 11 is 0. The summed E-state index contributed by atoms with van der Waals surface area (Å²) in [7, 11) is 0. The predicted molar refractivity (Wildman–Crippen MR) is 63.0 cm³/mol. The van der Waals surface area contributed by atoms with E-state index in [-0.39, 0.29) is 5.82 Å². The molecule has 0 heterocycles. The molecule has 2 atom stereocenters. The first-order valence-electron chi connectivity index (χ1n) is 6.23. The lowest BCUT2D eigenvalue weighted by Crippen LogP contribution is -2.19. The van der Waals surface area contributed by atoms with E-state index in [1.165, 1.54) is 24.8 Å². The van der Waals surface area contributed by atoms with E-state index >= 15 is 0 Å². The SMILES string of the molecule is Cc1cc(F)ccc1C1CC1CNC1CC1. The van der Waals surface area contributed by atoms with E-state index in [0.29, 0.717) is 5.92 Å². The number of hydrogen-bond donors (Lipinski definition) is 1. The Morgan fingerprint density at radius 1 is 1.38 bits per heavy atom. The molecule has 2 aliphatic rings. The van der Waals surface area contributed by atoms with E-state index in [4.69, 9.17) is 0 Å². The second-order valence-corrected chi connectivity index (χ2v) is 5.29. The number of rotatable bonds is 4. The summed E-state index contributed by atoms with van der Waals surface area (Å²) in [5, 5.41) is 3.58. The van der Waals surface area contributed by atoms with Crippen LogP contribution < -0.4 is 5.32 Å². The molecular weight excluding hydrogens is 201 g/mol. The Morgan fingerprint density at radius 2 is 2.19 bits per heavy atom. The van der Waals surface area contributed by atoms with Crippen molar-refractivity contribution in [3.05, 3.63) is 35.1 Å². The fraction of sp³-hybridized carbons (Fsp3) is 0.571. The van der Waals surface area contributed by atoms with Crippen LogP contribution in [-0.4, -0.2) is 12.6 Å². The molecule has 2 saturated carbocycles. The van der Waals surface area contributed by atoms with Crippen LogP contribution in [0.25, 0.3) is 0 Å². The van der Waals surface area contributed by atoms with Gasteiger partial charge in [0.25, 0.3) is 0 Å². The Bertz CT molecular complexity index is 398. The quantitative estimate of drug-likeness (QED) is 0.821. The first kappa shape index (κ1) is 10.3. The highest BCUT2D eigenvalue weighted by atomic mass is 19.1. The number of nitrogens with one attached hydrogen (secondary N) is 1. The van der Waals surface area contributed by atoms with E-state index in [1.54, 1.807) is 12.1 Å². The van der Waals surface area contributed by atoms with E-state index in [9.17, 15) is 4.39 Å². The van der Waals surface area contributed by atoms with Crippen molar-refractivity contribution in [2.45, 2.75) is 38.1 Å². The summed E-state index contributed by atoms with van der Waals surface area (Å²) in [6.07, 6.45) is 3.98. The third kappa shape index (κ3) is 2.12. The molecule has 86 valence electrons. The Balaban J connectivity index is 1.61. The van der Waals surface area contributed by atoms with Crippen LogP contribution in [-0.2, 0) is 0 Å². The molecule has 16 heavy (non-hydrogen) atoms. The molecule has 0 amide bonds. The van der Waals surface area contributed by atoms with Gasteiger partial charge in [-0.3, -0.25) is 0 Å². The highest BCUT2D eigenvalue weighted by Crippen LogP contribution is 2.48. The van der Waals surface area contributed by atoms with Crippen LogP contribution in [0.1, 0.15) is 36.3 Å². The van der Waals surface area contributed by atoms with Gasteiger partial charge in [0, 0.05) is 6.04 Å². The average Bonchev–Trinajstić information content (AvgIpc) is 3.11. The van der Waals surface area contributed by atoms with Crippen LogP contribution >= 0.6 is 0 Å². The fourth-order valence-corrected chi connectivity index (χ4v) is 2.51. The van der Waals surface area contributed by atoms with Crippen molar-refractivity contribution in [2.75, 3.05) is 6.54 Å². The van der Waals surface area contributed by atoms with Gasteiger partial charge in [0.2, 0.25) is 0 Å². The zero-order chi connectivity index (χ0) is 11.1. The highest BCUT2D eigenvalue weighted by Gasteiger charge is 2.39. The second kappa shape index (κ2) is 3.85. The molecule has 0 saturated heterocycles. The fourth-order valence-electron chi connectivity index (χ4n) is 2.51. The maximum absolute atomic E-state index is 13.0. The van der Waals surface area contributed by atoms with Gasteiger partial charge in [-0.25, -0.2) is 4.39 Å². The summed E-state index contributed by atoms with van der Waals surface area (Å²) in [5.41, 5.74) is 2.46. The van der Waals surface area contributed by atoms with Crippen LogP contribution in [0.3, 0.4) is 0 Å². The maximum Gasteiger partial charge on any atom is 0.123 e. The van der Waals surface area contributed by atoms with E-state index in [2.05, 4.69) is 5.32 Å². The Labute approximate surface area is 96.1 Å². The zero-order valence-corrected chi connectivity index (χ0v) is 9.67. The number of halogens is 1. The Kier molecular flexibility index (Phi) is 2.47. The minimum atomic E-state index is -0.116. The van der Waals surface area contributed by atoms with Crippen molar-refractivity contribution in [1.29, 1.82) is 0 Å². The van der Waals surface area contributed by atoms with E-state index in [1.807, 2.05) is 13.0 Å². The second-order valence-electron chi connectivity index (χ2n) is 5.29. The normalized spacial score (nSPS) is 28.1. The monoisotopic (exact) mass is 219 g/mol. The van der Waals surface area contributed by atoms with Gasteiger partial charge in [-0.15, -0.1) is 0 Å². The minimum absolute atomic E-state index is 0.116. The molecule has 2 heteroatoms. The Hall–Kier alpha value is -0.890. The maximum atomic E-state index is 13.0. The molecular formula is C14H18FN. The average molecular weight is 219 g/mol.